The van der Waals surface area contributed by atoms with Gasteiger partial charge in [-0.2, -0.15) is 0 Å². The average molecular weight is 383 g/mol. The molecule has 2 rings (SSSR count). The maximum atomic E-state index is 6.31. The lowest BCUT2D eigenvalue weighted by Gasteiger charge is -2.09. The summed E-state index contributed by atoms with van der Waals surface area (Å²) in [5.74, 6) is 0. The summed E-state index contributed by atoms with van der Waals surface area (Å²) in [5.41, 5.74) is 2.16. The van der Waals surface area contributed by atoms with Crippen LogP contribution in [0.4, 0.5) is 0 Å². The molecule has 0 unspecified atom stereocenters. The molecule has 0 atom stereocenters. The first-order chi connectivity index (χ1) is 7.69. The first-order valence-electron chi connectivity index (χ1n) is 4.69. The Morgan fingerprint density at radius 3 is 1.44 bits per heavy atom. The Hall–Kier alpha value is 0.240. The first-order valence-corrected chi connectivity index (χ1v) is 7.69. The summed E-state index contributed by atoms with van der Waals surface area (Å²) >= 11 is 19.4. The zero-order valence-electron chi connectivity index (χ0n) is 8.24. The summed E-state index contributed by atoms with van der Waals surface area (Å²) in [6.07, 6.45) is 0. The Kier molecular flexibility index (Phi) is 4.17. The van der Waals surface area contributed by atoms with Crippen LogP contribution >= 0.6 is 55.1 Å². The van der Waals surface area contributed by atoms with Crippen LogP contribution in [0.15, 0.2) is 24.3 Å². The molecule has 0 fully saturated rings. The van der Waals surface area contributed by atoms with Gasteiger partial charge in [-0.3, -0.25) is 0 Å². The molecule has 2 aromatic rings. The highest BCUT2D eigenvalue weighted by Crippen LogP contribution is 2.35. The van der Waals surface area contributed by atoms with Crippen molar-refractivity contribution in [2.45, 2.75) is 10.7 Å². The quantitative estimate of drug-likeness (QED) is 0.564. The molecule has 0 aliphatic carbocycles. The lowest BCUT2D eigenvalue weighted by Crippen LogP contribution is -1.86. The van der Waals surface area contributed by atoms with Crippen molar-refractivity contribution in [1.29, 1.82) is 0 Å². The molecule has 0 N–H and O–H groups in total. The zero-order valence-corrected chi connectivity index (χ0v) is 12.9. The Bertz CT molecular complexity index is 489. The van der Waals surface area contributed by atoms with Crippen LogP contribution in [0.5, 0.6) is 0 Å². The van der Waals surface area contributed by atoms with E-state index in [1.165, 1.54) is 0 Å². The maximum absolute atomic E-state index is 6.31. The molecule has 0 spiro atoms. The van der Waals surface area contributed by atoms with Crippen molar-refractivity contribution in [3.8, 4) is 0 Å². The second-order valence-electron chi connectivity index (χ2n) is 3.44. The van der Waals surface area contributed by atoms with E-state index in [1.54, 1.807) is 0 Å². The number of hydrogen-bond acceptors (Lipinski definition) is 0. The fourth-order valence-corrected chi connectivity index (χ4v) is 3.48. The molecule has 0 amide bonds. The third-order valence-corrected chi connectivity index (χ3v) is 4.62. The van der Waals surface area contributed by atoms with E-state index in [0.717, 1.165) is 42.6 Å². The predicted molar refractivity (Wildman–Crippen MR) is 79.2 cm³/mol. The largest absolute Gasteiger partial charge is 0.0876 e. The van der Waals surface area contributed by atoms with Gasteiger partial charge in [0, 0.05) is 21.4 Å². The van der Waals surface area contributed by atoms with E-state index in [4.69, 9.17) is 23.2 Å². The smallest absolute Gasteiger partial charge is 0.0525 e. The van der Waals surface area contributed by atoms with E-state index in [0.29, 0.717) is 0 Å². The SMILES string of the molecule is Clc1c(CBr)ccc2c(Cl)c(CBr)ccc12. The minimum absolute atomic E-state index is 0.750. The van der Waals surface area contributed by atoms with Crippen molar-refractivity contribution in [3.05, 3.63) is 45.4 Å². The van der Waals surface area contributed by atoms with Crippen LogP contribution in [0, 0.1) is 0 Å². The van der Waals surface area contributed by atoms with Crippen LogP contribution in [-0.2, 0) is 10.7 Å². The lowest BCUT2D eigenvalue weighted by molar-refractivity contribution is 1.43. The van der Waals surface area contributed by atoms with Gasteiger partial charge in [-0.15, -0.1) is 0 Å². The second kappa shape index (κ2) is 5.26. The minimum atomic E-state index is 0.750. The summed E-state index contributed by atoms with van der Waals surface area (Å²) < 4.78 is 0. The van der Waals surface area contributed by atoms with Crippen molar-refractivity contribution in [2.75, 3.05) is 0 Å². The predicted octanol–water partition coefficient (Wildman–Crippen LogP) is 5.94. The standard InChI is InChI=1S/C12H8Br2Cl2/c13-5-7-1-3-9-10(11(7)15)4-2-8(6-14)12(9)16/h1-4H,5-6H2. The number of fused-ring (bicyclic) bond motifs is 1. The van der Waals surface area contributed by atoms with Gasteiger partial charge in [-0.25, -0.2) is 0 Å². The van der Waals surface area contributed by atoms with Gasteiger partial charge in [0.05, 0.1) is 10.0 Å². The zero-order chi connectivity index (χ0) is 11.7. The number of alkyl halides is 2. The average Bonchev–Trinajstić information content (AvgIpc) is 2.31. The summed E-state index contributed by atoms with van der Waals surface area (Å²) in [4.78, 5) is 0. The van der Waals surface area contributed by atoms with Gasteiger partial charge in [-0.1, -0.05) is 79.3 Å². The van der Waals surface area contributed by atoms with Crippen molar-refractivity contribution >= 4 is 65.8 Å². The Balaban J connectivity index is 2.78. The van der Waals surface area contributed by atoms with Crippen LogP contribution < -0.4 is 0 Å². The minimum Gasteiger partial charge on any atom is -0.0876 e. The van der Waals surface area contributed by atoms with E-state index in [1.807, 2.05) is 24.3 Å². The van der Waals surface area contributed by atoms with Crippen molar-refractivity contribution in [1.82, 2.24) is 0 Å². The highest BCUT2D eigenvalue weighted by molar-refractivity contribution is 9.08. The molecule has 0 saturated carbocycles. The molecule has 0 aliphatic rings. The fraction of sp³-hybridized carbons (Fsp3) is 0.167. The molecule has 2 aromatic carbocycles. The van der Waals surface area contributed by atoms with Gasteiger partial charge in [0.15, 0.2) is 0 Å². The summed E-state index contributed by atoms with van der Waals surface area (Å²) in [6.45, 7) is 0. The van der Waals surface area contributed by atoms with E-state index < -0.39 is 0 Å². The number of rotatable bonds is 2. The monoisotopic (exact) mass is 380 g/mol. The van der Waals surface area contributed by atoms with Crippen molar-refractivity contribution in [2.24, 2.45) is 0 Å². The topological polar surface area (TPSA) is 0 Å². The number of hydrogen-bond donors (Lipinski definition) is 0. The van der Waals surface area contributed by atoms with Gasteiger partial charge >= 0.3 is 0 Å². The molecule has 0 bridgehead atoms. The molecule has 0 saturated heterocycles. The van der Waals surface area contributed by atoms with E-state index in [9.17, 15) is 0 Å². The molecule has 84 valence electrons. The second-order valence-corrected chi connectivity index (χ2v) is 5.32. The lowest BCUT2D eigenvalue weighted by atomic mass is 10.1. The van der Waals surface area contributed by atoms with Crippen molar-refractivity contribution < 1.29 is 0 Å². The van der Waals surface area contributed by atoms with Crippen LogP contribution in [-0.4, -0.2) is 0 Å². The highest BCUT2D eigenvalue weighted by Gasteiger charge is 2.09. The highest BCUT2D eigenvalue weighted by atomic mass is 79.9. The van der Waals surface area contributed by atoms with Crippen LogP contribution in [0.3, 0.4) is 0 Å². The maximum Gasteiger partial charge on any atom is 0.0525 e. The molecular formula is C12H8Br2Cl2. The third-order valence-electron chi connectivity index (χ3n) is 2.52. The normalized spacial score (nSPS) is 11.0. The molecule has 0 heterocycles. The van der Waals surface area contributed by atoms with Crippen LogP contribution in [0.1, 0.15) is 11.1 Å². The van der Waals surface area contributed by atoms with Gasteiger partial charge < -0.3 is 0 Å². The Labute approximate surface area is 121 Å². The van der Waals surface area contributed by atoms with Crippen LogP contribution in [0.2, 0.25) is 10.0 Å². The van der Waals surface area contributed by atoms with E-state index in [-0.39, 0.29) is 0 Å². The van der Waals surface area contributed by atoms with Gasteiger partial charge in [0.25, 0.3) is 0 Å². The number of benzene rings is 2. The fourth-order valence-electron chi connectivity index (χ4n) is 1.63. The first kappa shape index (κ1) is 12.7. The molecule has 0 radical (unpaired) electrons. The van der Waals surface area contributed by atoms with E-state index >= 15 is 0 Å². The van der Waals surface area contributed by atoms with Gasteiger partial charge in [0.2, 0.25) is 0 Å². The van der Waals surface area contributed by atoms with Crippen molar-refractivity contribution in [3.63, 3.8) is 0 Å². The Morgan fingerprint density at radius 2 is 1.12 bits per heavy atom. The molecule has 4 heteroatoms. The molecular weight excluding hydrogens is 375 g/mol. The van der Waals surface area contributed by atoms with Gasteiger partial charge in [0.1, 0.15) is 0 Å². The number of halogens is 4. The molecule has 0 nitrogen and oxygen atoms in total. The Morgan fingerprint density at radius 1 is 0.750 bits per heavy atom. The molecule has 16 heavy (non-hydrogen) atoms. The van der Waals surface area contributed by atoms with Gasteiger partial charge in [-0.05, 0) is 11.1 Å². The molecule has 0 aliphatic heterocycles. The summed E-state index contributed by atoms with van der Waals surface area (Å²) in [6, 6.07) is 8.05. The molecule has 0 aromatic heterocycles. The summed E-state index contributed by atoms with van der Waals surface area (Å²) in [7, 11) is 0. The van der Waals surface area contributed by atoms with E-state index in [2.05, 4.69) is 31.9 Å². The third kappa shape index (κ3) is 2.13. The van der Waals surface area contributed by atoms with Crippen LogP contribution in [0.25, 0.3) is 10.8 Å². The summed E-state index contributed by atoms with van der Waals surface area (Å²) in [5, 5.41) is 5.07.